The fourth-order valence-electron chi connectivity index (χ4n) is 2.21. The largest absolute Gasteiger partial charge is 0.416 e. The van der Waals surface area contributed by atoms with Crippen molar-refractivity contribution in [2.45, 2.75) is 12.7 Å². The fraction of sp³-hybridized carbons (Fsp3) is 0.125. The third kappa shape index (κ3) is 3.65. The smallest absolute Gasteiger partial charge is 0.324 e. The molecule has 0 bridgehead atoms. The van der Waals surface area contributed by atoms with Gasteiger partial charge in [-0.25, -0.2) is 4.68 Å². The Hall–Kier alpha value is -3.23. The minimum atomic E-state index is -4.45. The van der Waals surface area contributed by atoms with E-state index in [2.05, 4.69) is 15.6 Å². The van der Waals surface area contributed by atoms with Crippen molar-refractivity contribution in [2.75, 3.05) is 5.32 Å². The van der Waals surface area contributed by atoms with E-state index in [0.717, 1.165) is 28.9 Å². The Morgan fingerprint density at radius 3 is 2.44 bits per heavy atom. The van der Waals surface area contributed by atoms with Crippen LogP contribution < -0.4 is 10.9 Å². The van der Waals surface area contributed by atoms with Crippen molar-refractivity contribution >= 4 is 22.5 Å². The summed E-state index contributed by atoms with van der Waals surface area (Å²) < 4.78 is 38.4. The number of fused-ring (bicyclic) bond motifs is 1. The molecule has 0 saturated heterocycles. The zero-order chi connectivity index (χ0) is 18.0. The molecule has 1 amide bonds. The number of alkyl halides is 3. The van der Waals surface area contributed by atoms with Crippen LogP contribution >= 0.6 is 0 Å². The molecular weight excluding hydrogens is 337 g/mol. The average Bonchev–Trinajstić information content (AvgIpc) is 2.57. The van der Waals surface area contributed by atoms with Gasteiger partial charge in [-0.3, -0.25) is 9.59 Å². The summed E-state index contributed by atoms with van der Waals surface area (Å²) in [4.78, 5) is 24.2. The molecule has 3 aromatic rings. The molecule has 1 N–H and O–H groups in total. The molecule has 6 nitrogen and oxygen atoms in total. The van der Waals surface area contributed by atoms with E-state index in [0.29, 0.717) is 10.9 Å². The maximum atomic E-state index is 12.5. The summed E-state index contributed by atoms with van der Waals surface area (Å²) in [7, 11) is 0. The first-order chi connectivity index (χ1) is 11.8. The minimum Gasteiger partial charge on any atom is -0.324 e. The molecule has 0 radical (unpaired) electrons. The molecule has 0 saturated carbocycles. The number of anilines is 1. The first-order valence-electron chi connectivity index (χ1n) is 7.14. The van der Waals surface area contributed by atoms with E-state index in [-0.39, 0.29) is 5.69 Å². The van der Waals surface area contributed by atoms with Gasteiger partial charge < -0.3 is 5.32 Å². The molecule has 3 rings (SSSR count). The number of halogens is 3. The van der Waals surface area contributed by atoms with Gasteiger partial charge in [-0.05, 0) is 36.4 Å². The number of nitrogens with one attached hydrogen (secondary N) is 1. The second-order valence-corrected chi connectivity index (χ2v) is 5.19. The van der Waals surface area contributed by atoms with Crippen LogP contribution in [0.15, 0.2) is 53.3 Å². The first-order valence-corrected chi connectivity index (χ1v) is 7.14. The number of benzene rings is 2. The molecule has 128 valence electrons. The first kappa shape index (κ1) is 16.6. The number of carbonyl (C=O) groups is 1. The molecular formula is C16H11F3N4O2. The molecule has 2 aromatic carbocycles. The second kappa shape index (κ2) is 6.34. The minimum absolute atomic E-state index is 0.180. The number of hydrogen-bond donors (Lipinski definition) is 1. The lowest BCUT2D eigenvalue weighted by atomic mass is 10.2. The van der Waals surface area contributed by atoms with E-state index in [9.17, 15) is 22.8 Å². The van der Waals surface area contributed by atoms with Crippen LogP contribution in [0.2, 0.25) is 0 Å². The fourth-order valence-corrected chi connectivity index (χ4v) is 2.21. The monoisotopic (exact) mass is 348 g/mol. The molecule has 0 atom stereocenters. The van der Waals surface area contributed by atoms with E-state index in [4.69, 9.17) is 0 Å². The van der Waals surface area contributed by atoms with Gasteiger partial charge in [0.1, 0.15) is 12.1 Å². The maximum Gasteiger partial charge on any atom is 0.416 e. The summed E-state index contributed by atoms with van der Waals surface area (Å²) in [5, 5.41) is 10.3. The lowest BCUT2D eigenvalue weighted by molar-refractivity contribution is -0.137. The molecule has 9 heteroatoms. The summed E-state index contributed by atoms with van der Waals surface area (Å²) in [5.74, 6) is -0.605. The normalized spacial score (nSPS) is 11.5. The highest BCUT2D eigenvalue weighted by atomic mass is 19.4. The summed E-state index contributed by atoms with van der Waals surface area (Å²) in [5.41, 5.74) is -0.707. The van der Waals surface area contributed by atoms with Crippen molar-refractivity contribution in [3.8, 4) is 0 Å². The Bertz CT molecular complexity index is 981. The van der Waals surface area contributed by atoms with Crippen LogP contribution in [0.1, 0.15) is 5.56 Å². The van der Waals surface area contributed by atoms with Gasteiger partial charge in [0.2, 0.25) is 5.91 Å². The third-order valence-corrected chi connectivity index (χ3v) is 3.42. The Morgan fingerprint density at radius 1 is 1.08 bits per heavy atom. The molecule has 1 heterocycles. The van der Waals surface area contributed by atoms with Crippen LogP contribution in [0.5, 0.6) is 0 Å². The van der Waals surface area contributed by atoms with Gasteiger partial charge in [-0.15, -0.1) is 5.10 Å². The quantitative estimate of drug-likeness (QED) is 0.789. The molecule has 0 fully saturated rings. The molecule has 0 unspecified atom stereocenters. The van der Waals surface area contributed by atoms with Crippen molar-refractivity contribution in [2.24, 2.45) is 0 Å². The van der Waals surface area contributed by atoms with E-state index >= 15 is 0 Å². The van der Waals surface area contributed by atoms with Crippen LogP contribution in [0.4, 0.5) is 18.9 Å². The number of amides is 1. The molecule has 0 aliphatic heterocycles. The lowest BCUT2D eigenvalue weighted by Gasteiger charge is -2.09. The molecule has 0 aliphatic rings. The van der Waals surface area contributed by atoms with E-state index < -0.39 is 29.8 Å². The Morgan fingerprint density at radius 2 is 1.76 bits per heavy atom. The summed E-state index contributed by atoms with van der Waals surface area (Å²) in [6, 6.07) is 10.5. The molecule has 1 aromatic heterocycles. The van der Waals surface area contributed by atoms with E-state index in [1.54, 1.807) is 24.3 Å². The van der Waals surface area contributed by atoms with Crippen molar-refractivity contribution in [1.82, 2.24) is 15.0 Å². The van der Waals surface area contributed by atoms with E-state index in [1.165, 1.54) is 0 Å². The van der Waals surface area contributed by atoms with Crippen molar-refractivity contribution in [3.05, 3.63) is 64.4 Å². The Kier molecular flexibility index (Phi) is 4.22. The Balaban J connectivity index is 1.75. The highest BCUT2D eigenvalue weighted by Gasteiger charge is 2.29. The molecule has 0 aliphatic carbocycles. The van der Waals surface area contributed by atoms with Gasteiger partial charge in [0.25, 0.3) is 5.56 Å². The van der Waals surface area contributed by atoms with Crippen LogP contribution in [-0.2, 0) is 17.5 Å². The van der Waals surface area contributed by atoms with Crippen molar-refractivity contribution in [3.63, 3.8) is 0 Å². The van der Waals surface area contributed by atoms with Crippen LogP contribution in [0.3, 0.4) is 0 Å². The van der Waals surface area contributed by atoms with Gasteiger partial charge in [0.15, 0.2) is 0 Å². The van der Waals surface area contributed by atoms with Gasteiger partial charge in [-0.2, -0.15) is 13.2 Å². The number of rotatable bonds is 3. The second-order valence-electron chi connectivity index (χ2n) is 5.19. The zero-order valence-corrected chi connectivity index (χ0v) is 12.6. The predicted octanol–water partition coefficient (Wildman–Crippen LogP) is 2.45. The van der Waals surface area contributed by atoms with Gasteiger partial charge in [-0.1, -0.05) is 17.3 Å². The number of aromatic nitrogens is 3. The third-order valence-electron chi connectivity index (χ3n) is 3.42. The average molecular weight is 348 g/mol. The number of carbonyl (C=O) groups excluding carboxylic acids is 1. The summed E-state index contributed by atoms with van der Waals surface area (Å²) >= 11 is 0. The van der Waals surface area contributed by atoms with Crippen LogP contribution in [0, 0.1) is 0 Å². The van der Waals surface area contributed by atoms with Gasteiger partial charge >= 0.3 is 6.18 Å². The van der Waals surface area contributed by atoms with E-state index in [1.807, 2.05) is 0 Å². The summed E-state index contributed by atoms with van der Waals surface area (Å²) in [6.07, 6.45) is -4.45. The topological polar surface area (TPSA) is 76.9 Å². The molecule has 0 spiro atoms. The Labute approximate surface area is 138 Å². The summed E-state index contributed by atoms with van der Waals surface area (Å²) in [6.45, 7) is -0.405. The molecule has 25 heavy (non-hydrogen) atoms. The van der Waals surface area contributed by atoms with Gasteiger partial charge in [0, 0.05) is 5.69 Å². The van der Waals surface area contributed by atoms with Crippen molar-refractivity contribution in [1.29, 1.82) is 0 Å². The van der Waals surface area contributed by atoms with Crippen molar-refractivity contribution < 1.29 is 18.0 Å². The SMILES string of the molecule is O=C(Cn1nnc2ccccc2c1=O)Nc1ccc(C(F)(F)F)cc1. The van der Waals surface area contributed by atoms with Crippen LogP contribution in [0.25, 0.3) is 10.9 Å². The van der Waals surface area contributed by atoms with Crippen LogP contribution in [-0.4, -0.2) is 20.9 Å². The number of hydrogen-bond acceptors (Lipinski definition) is 4. The number of nitrogens with zero attached hydrogens (tertiary/aromatic N) is 3. The zero-order valence-electron chi connectivity index (χ0n) is 12.6. The van der Waals surface area contributed by atoms with Gasteiger partial charge in [0.05, 0.1) is 10.9 Å². The highest BCUT2D eigenvalue weighted by molar-refractivity contribution is 5.90. The maximum absolute atomic E-state index is 12.5. The lowest BCUT2D eigenvalue weighted by Crippen LogP contribution is -2.30. The predicted molar refractivity (Wildman–Crippen MR) is 83.9 cm³/mol. The standard InChI is InChI=1S/C16H11F3N4O2/c17-16(18,19)10-5-7-11(8-6-10)20-14(24)9-23-15(25)12-3-1-2-4-13(12)21-22-23/h1-8H,9H2,(H,20,24). The highest BCUT2D eigenvalue weighted by Crippen LogP contribution is 2.29.